The summed E-state index contributed by atoms with van der Waals surface area (Å²) in [6.07, 6.45) is -3.14. The zero-order chi connectivity index (χ0) is 15.5. The molecule has 1 aromatic rings. The Balaban J connectivity index is 2.10. The molecule has 116 valence electrons. The van der Waals surface area contributed by atoms with Crippen molar-refractivity contribution in [1.29, 1.82) is 0 Å². The first-order valence-electron chi connectivity index (χ1n) is 6.64. The lowest BCUT2D eigenvalue weighted by Crippen LogP contribution is -2.31. The van der Waals surface area contributed by atoms with Gasteiger partial charge in [-0.05, 0) is 25.5 Å². The van der Waals surface area contributed by atoms with Crippen LogP contribution in [-0.4, -0.2) is 34.9 Å². The lowest BCUT2D eigenvalue weighted by molar-refractivity contribution is -0.275. The molecule has 1 N–H and O–H groups in total. The van der Waals surface area contributed by atoms with E-state index in [1.165, 1.54) is 12.1 Å². The van der Waals surface area contributed by atoms with Crippen LogP contribution < -0.4 is 4.74 Å². The van der Waals surface area contributed by atoms with Crippen molar-refractivity contribution in [2.24, 2.45) is 0 Å². The fraction of sp³-hybridized carbons (Fsp3) is 0.500. The standard InChI is InChI=1S/C14H16F3NO3/c15-14(16,17)21-12-6-2-1-4-10(12)9-18-7-3-5-11(18)8-13(19)20/h1-2,4,6,11H,3,5,7-9H2,(H,19,20). The Bertz CT molecular complexity index is 504. The van der Waals surface area contributed by atoms with Crippen molar-refractivity contribution in [3.63, 3.8) is 0 Å². The minimum atomic E-state index is -4.73. The second-order valence-corrected chi connectivity index (χ2v) is 5.02. The maximum Gasteiger partial charge on any atom is 0.573 e. The molecule has 4 nitrogen and oxygen atoms in total. The number of carboxylic acids is 1. The van der Waals surface area contributed by atoms with E-state index in [2.05, 4.69) is 4.74 Å². The topological polar surface area (TPSA) is 49.8 Å². The fourth-order valence-electron chi connectivity index (χ4n) is 2.61. The molecule has 1 unspecified atom stereocenters. The largest absolute Gasteiger partial charge is 0.573 e. The SMILES string of the molecule is O=C(O)CC1CCCN1Cc1ccccc1OC(F)(F)F. The van der Waals surface area contributed by atoms with Gasteiger partial charge in [0.2, 0.25) is 0 Å². The zero-order valence-electron chi connectivity index (χ0n) is 11.3. The highest BCUT2D eigenvalue weighted by atomic mass is 19.4. The smallest absolute Gasteiger partial charge is 0.481 e. The molecule has 21 heavy (non-hydrogen) atoms. The van der Waals surface area contributed by atoms with Crippen LogP contribution in [0.5, 0.6) is 5.75 Å². The van der Waals surface area contributed by atoms with E-state index in [4.69, 9.17) is 5.11 Å². The molecule has 0 radical (unpaired) electrons. The highest BCUT2D eigenvalue weighted by Crippen LogP contribution is 2.29. The summed E-state index contributed by atoms with van der Waals surface area (Å²) in [7, 11) is 0. The van der Waals surface area contributed by atoms with E-state index in [0.29, 0.717) is 12.1 Å². The summed E-state index contributed by atoms with van der Waals surface area (Å²) >= 11 is 0. The molecule has 0 saturated carbocycles. The number of rotatable bonds is 5. The summed E-state index contributed by atoms with van der Waals surface area (Å²) in [5.41, 5.74) is 0.409. The highest BCUT2D eigenvalue weighted by molar-refractivity contribution is 5.67. The third-order valence-electron chi connectivity index (χ3n) is 3.48. The molecule has 7 heteroatoms. The van der Waals surface area contributed by atoms with Gasteiger partial charge < -0.3 is 9.84 Å². The van der Waals surface area contributed by atoms with Crippen molar-refractivity contribution in [2.45, 2.75) is 38.2 Å². The number of carbonyl (C=O) groups is 1. The Labute approximate surface area is 120 Å². The molecule has 0 aromatic heterocycles. The van der Waals surface area contributed by atoms with Gasteiger partial charge in [0.15, 0.2) is 0 Å². The number of halogens is 3. The van der Waals surface area contributed by atoms with Gasteiger partial charge in [-0.15, -0.1) is 13.2 Å². The minimum Gasteiger partial charge on any atom is -0.481 e. The molecular weight excluding hydrogens is 287 g/mol. The number of ether oxygens (including phenoxy) is 1. The molecule has 1 aliphatic heterocycles. The number of likely N-dealkylation sites (tertiary alicyclic amines) is 1. The van der Waals surface area contributed by atoms with E-state index in [9.17, 15) is 18.0 Å². The Morgan fingerprint density at radius 2 is 2.10 bits per heavy atom. The van der Waals surface area contributed by atoms with Gasteiger partial charge in [-0.2, -0.15) is 0 Å². The summed E-state index contributed by atoms with van der Waals surface area (Å²) in [5, 5.41) is 8.87. The molecule has 0 amide bonds. The van der Waals surface area contributed by atoms with E-state index in [0.717, 1.165) is 12.8 Å². The van der Waals surface area contributed by atoms with Crippen molar-refractivity contribution in [3.8, 4) is 5.75 Å². The average Bonchev–Trinajstić information content (AvgIpc) is 2.76. The van der Waals surface area contributed by atoms with E-state index in [-0.39, 0.29) is 24.8 Å². The van der Waals surface area contributed by atoms with Crippen LogP contribution in [0.15, 0.2) is 24.3 Å². The van der Waals surface area contributed by atoms with E-state index in [1.54, 1.807) is 12.1 Å². The van der Waals surface area contributed by atoms with Gasteiger partial charge in [0.25, 0.3) is 0 Å². The Morgan fingerprint density at radius 3 is 2.76 bits per heavy atom. The summed E-state index contributed by atoms with van der Waals surface area (Å²) in [5.74, 6) is -1.13. The average molecular weight is 303 g/mol. The third-order valence-corrected chi connectivity index (χ3v) is 3.48. The van der Waals surface area contributed by atoms with Crippen LogP contribution in [0.4, 0.5) is 13.2 Å². The highest BCUT2D eigenvalue weighted by Gasteiger charge is 2.33. The monoisotopic (exact) mass is 303 g/mol. The van der Waals surface area contributed by atoms with Gasteiger partial charge in [0, 0.05) is 18.2 Å². The first-order chi connectivity index (χ1) is 9.85. The molecule has 1 saturated heterocycles. The normalized spacial score (nSPS) is 19.7. The fourth-order valence-corrected chi connectivity index (χ4v) is 2.61. The number of hydrogen-bond acceptors (Lipinski definition) is 3. The number of para-hydroxylation sites is 1. The van der Waals surface area contributed by atoms with Crippen LogP contribution >= 0.6 is 0 Å². The molecule has 1 aromatic carbocycles. The number of hydrogen-bond donors (Lipinski definition) is 1. The molecule has 0 spiro atoms. The zero-order valence-corrected chi connectivity index (χ0v) is 11.3. The molecule has 0 aliphatic carbocycles. The second-order valence-electron chi connectivity index (χ2n) is 5.02. The first-order valence-corrected chi connectivity index (χ1v) is 6.64. The third kappa shape index (κ3) is 4.63. The molecule has 1 atom stereocenters. The molecule has 1 fully saturated rings. The molecule has 1 heterocycles. The van der Waals surface area contributed by atoms with Gasteiger partial charge in [0.1, 0.15) is 5.75 Å². The van der Waals surface area contributed by atoms with E-state index in [1.807, 2.05) is 4.90 Å². The van der Waals surface area contributed by atoms with Crippen molar-refractivity contribution < 1.29 is 27.8 Å². The quantitative estimate of drug-likeness (QED) is 0.908. The van der Waals surface area contributed by atoms with E-state index >= 15 is 0 Å². The van der Waals surface area contributed by atoms with Crippen LogP contribution in [0.1, 0.15) is 24.8 Å². The van der Waals surface area contributed by atoms with Crippen molar-refractivity contribution >= 4 is 5.97 Å². The van der Waals surface area contributed by atoms with E-state index < -0.39 is 12.3 Å². The molecule has 1 aliphatic rings. The molecule has 2 rings (SSSR count). The lowest BCUT2D eigenvalue weighted by atomic mass is 10.1. The molecule has 0 bridgehead atoms. The van der Waals surface area contributed by atoms with Crippen molar-refractivity contribution in [1.82, 2.24) is 4.90 Å². The number of benzene rings is 1. The van der Waals surface area contributed by atoms with Gasteiger partial charge in [0.05, 0.1) is 6.42 Å². The Morgan fingerprint density at radius 1 is 1.38 bits per heavy atom. The van der Waals surface area contributed by atoms with Gasteiger partial charge >= 0.3 is 12.3 Å². The summed E-state index contributed by atoms with van der Waals surface area (Å²) in [6.45, 7) is 0.933. The van der Waals surface area contributed by atoms with Gasteiger partial charge in [-0.3, -0.25) is 9.69 Å². The van der Waals surface area contributed by atoms with Crippen LogP contribution in [0.2, 0.25) is 0 Å². The Hall–Kier alpha value is -1.76. The summed E-state index contributed by atoms with van der Waals surface area (Å²) < 4.78 is 41.1. The van der Waals surface area contributed by atoms with Crippen LogP contribution in [0.3, 0.4) is 0 Å². The van der Waals surface area contributed by atoms with Crippen LogP contribution in [0.25, 0.3) is 0 Å². The summed E-state index contributed by atoms with van der Waals surface area (Å²) in [4.78, 5) is 12.7. The maximum absolute atomic E-state index is 12.4. The Kier molecular flexibility index (Phi) is 4.72. The second kappa shape index (κ2) is 6.34. The maximum atomic E-state index is 12.4. The van der Waals surface area contributed by atoms with Crippen LogP contribution in [0, 0.1) is 0 Å². The number of aliphatic carboxylic acids is 1. The molecular formula is C14H16F3NO3. The number of nitrogens with zero attached hydrogens (tertiary/aromatic N) is 1. The van der Waals surface area contributed by atoms with Crippen molar-refractivity contribution in [3.05, 3.63) is 29.8 Å². The van der Waals surface area contributed by atoms with Crippen molar-refractivity contribution in [2.75, 3.05) is 6.54 Å². The van der Waals surface area contributed by atoms with Gasteiger partial charge in [-0.25, -0.2) is 0 Å². The summed E-state index contributed by atoms with van der Waals surface area (Å²) in [6, 6.07) is 5.81. The number of carboxylic acid groups (broad SMARTS) is 1. The van der Waals surface area contributed by atoms with Crippen LogP contribution in [-0.2, 0) is 11.3 Å². The predicted molar refractivity (Wildman–Crippen MR) is 68.8 cm³/mol. The minimum absolute atomic E-state index is 0.00228. The first kappa shape index (κ1) is 15.6. The predicted octanol–water partition coefficient (Wildman–Crippen LogP) is 3.02. The number of alkyl halides is 3. The van der Waals surface area contributed by atoms with Gasteiger partial charge in [-0.1, -0.05) is 18.2 Å². The lowest BCUT2D eigenvalue weighted by Gasteiger charge is -2.24.